The van der Waals surface area contributed by atoms with Crippen LogP contribution in [0, 0.1) is 18.3 Å². The topological polar surface area (TPSA) is 138 Å². The number of nitrogens with one attached hydrogen (secondary N) is 1. The van der Waals surface area contributed by atoms with Gasteiger partial charge in [0.1, 0.15) is 6.04 Å². The van der Waals surface area contributed by atoms with Crippen LogP contribution in [0.5, 0.6) is 11.5 Å². The highest BCUT2D eigenvalue weighted by molar-refractivity contribution is 6.25. The number of piperazine rings is 1. The van der Waals surface area contributed by atoms with Crippen molar-refractivity contribution in [1.82, 2.24) is 10.2 Å². The molecule has 1 aromatic rings. The molecule has 1 fully saturated rings. The quantitative estimate of drug-likeness (QED) is 0.558. The number of rotatable bonds is 3. The van der Waals surface area contributed by atoms with E-state index >= 15 is 0 Å². The van der Waals surface area contributed by atoms with E-state index in [1.807, 2.05) is 17.9 Å². The number of aryl methyl sites for hydroxylation is 1. The van der Waals surface area contributed by atoms with Crippen LogP contribution in [0.1, 0.15) is 36.1 Å². The van der Waals surface area contributed by atoms with Crippen molar-refractivity contribution < 1.29 is 24.2 Å². The van der Waals surface area contributed by atoms with Gasteiger partial charge in [0.2, 0.25) is 5.78 Å². The van der Waals surface area contributed by atoms with Crippen LogP contribution in [0.25, 0.3) is 0 Å². The lowest BCUT2D eigenvalue weighted by Crippen LogP contribution is -2.71. The molecule has 5 atom stereocenters. The molecule has 0 spiro atoms. The van der Waals surface area contributed by atoms with E-state index in [1.165, 1.54) is 14.2 Å². The lowest BCUT2D eigenvalue weighted by Gasteiger charge is -2.56. The predicted molar refractivity (Wildman–Crippen MR) is 122 cm³/mol. The number of phenolic OH excluding ortho intramolecular Hbond substituents is 1. The maximum Gasteiger partial charge on any atom is 0.225 e. The molecule has 1 aromatic carbocycles. The number of nitrogens with zero attached hydrogens (tertiary/aromatic N) is 2. The molecule has 178 valence electrons. The zero-order valence-electron chi connectivity index (χ0n) is 19.6. The third-order valence-corrected chi connectivity index (χ3v) is 7.78. The van der Waals surface area contributed by atoms with Crippen molar-refractivity contribution in [3.05, 3.63) is 45.2 Å². The molecule has 0 aromatic heterocycles. The van der Waals surface area contributed by atoms with E-state index in [4.69, 9.17) is 15.2 Å². The highest BCUT2D eigenvalue weighted by atomic mass is 16.5. The minimum Gasteiger partial charge on any atom is -0.504 e. The van der Waals surface area contributed by atoms with E-state index in [-0.39, 0.29) is 59.7 Å². The number of fused-ring (bicyclic) bond motifs is 6. The molecule has 0 saturated carbocycles. The second-order valence-corrected chi connectivity index (χ2v) is 9.36. The molecule has 4 N–H and O–H groups in total. The fraction of sp³-hybridized carbons (Fsp3) is 0.480. The molecule has 2 unspecified atom stereocenters. The predicted octanol–water partition coefficient (Wildman–Crippen LogP) is 0.941. The molecular formula is C25H28N4O5. The standard InChI is InChI=1S/C25H28N4O5/c1-10-5-12-6-14-16(8-26)29-15(20(28-14)18(12)22(31)24(10)33-3)7-13-19(17(29)9-27)23(32)25(34-4)11(2)21(13)30/h5,14-17,20,28,31H,6-7,9,27H2,1-4H3/t14-,15?,16+,17+,20?/m1/s1. The summed E-state index contributed by atoms with van der Waals surface area (Å²) in [4.78, 5) is 28.7. The first-order chi connectivity index (χ1) is 16.3. The molecule has 1 aliphatic carbocycles. The third-order valence-electron chi connectivity index (χ3n) is 7.78. The molecule has 4 aliphatic rings. The highest BCUT2D eigenvalue weighted by Crippen LogP contribution is 2.50. The second-order valence-electron chi connectivity index (χ2n) is 9.36. The van der Waals surface area contributed by atoms with Crippen molar-refractivity contribution in [2.75, 3.05) is 20.8 Å². The Morgan fingerprint density at radius 2 is 1.97 bits per heavy atom. The van der Waals surface area contributed by atoms with Gasteiger partial charge in [0, 0.05) is 40.9 Å². The van der Waals surface area contributed by atoms with E-state index in [9.17, 15) is 20.0 Å². The number of ether oxygens (including phenoxy) is 2. The minimum absolute atomic E-state index is 0.0349. The Labute approximate surface area is 197 Å². The van der Waals surface area contributed by atoms with Crippen LogP contribution in [0.3, 0.4) is 0 Å². The normalized spacial score (nSPS) is 30.4. The fourth-order valence-electron chi connectivity index (χ4n) is 6.43. The lowest BCUT2D eigenvalue weighted by molar-refractivity contribution is -0.121. The number of allylic oxidation sites excluding steroid dienone is 2. The Morgan fingerprint density at radius 3 is 2.59 bits per heavy atom. The van der Waals surface area contributed by atoms with Crippen molar-refractivity contribution in [2.45, 2.75) is 56.9 Å². The van der Waals surface area contributed by atoms with Crippen LogP contribution in [0.2, 0.25) is 0 Å². The van der Waals surface area contributed by atoms with Gasteiger partial charge in [-0.05, 0) is 37.8 Å². The van der Waals surface area contributed by atoms with Crippen molar-refractivity contribution >= 4 is 11.6 Å². The molecule has 2 bridgehead atoms. The van der Waals surface area contributed by atoms with E-state index < -0.39 is 12.1 Å². The smallest absolute Gasteiger partial charge is 0.225 e. The number of benzene rings is 1. The largest absolute Gasteiger partial charge is 0.504 e. The summed E-state index contributed by atoms with van der Waals surface area (Å²) in [6.07, 6.45) is 0.784. The van der Waals surface area contributed by atoms with Gasteiger partial charge in [0.15, 0.2) is 23.0 Å². The van der Waals surface area contributed by atoms with Crippen molar-refractivity contribution in [3.8, 4) is 17.6 Å². The van der Waals surface area contributed by atoms with Crippen LogP contribution >= 0.6 is 0 Å². The van der Waals surface area contributed by atoms with Gasteiger partial charge in [-0.1, -0.05) is 6.07 Å². The van der Waals surface area contributed by atoms with Crippen LogP contribution < -0.4 is 15.8 Å². The van der Waals surface area contributed by atoms with Gasteiger partial charge in [0.05, 0.1) is 32.4 Å². The molecule has 3 aliphatic heterocycles. The minimum atomic E-state index is -0.615. The van der Waals surface area contributed by atoms with Crippen LogP contribution in [-0.2, 0) is 20.7 Å². The fourth-order valence-corrected chi connectivity index (χ4v) is 6.43. The molecule has 0 radical (unpaired) electrons. The average Bonchev–Trinajstić information content (AvgIpc) is 2.82. The summed E-state index contributed by atoms with van der Waals surface area (Å²) in [5, 5.41) is 24.9. The van der Waals surface area contributed by atoms with Gasteiger partial charge in [0.25, 0.3) is 0 Å². The zero-order chi connectivity index (χ0) is 24.5. The Balaban J connectivity index is 1.70. The summed E-state index contributed by atoms with van der Waals surface area (Å²) >= 11 is 0. The number of hydrogen-bond acceptors (Lipinski definition) is 9. The van der Waals surface area contributed by atoms with Crippen LogP contribution in [0.15, 0.2) is 28.5 Å². The Hall–Kier alpha value is -3.19. The van der Waals surface area contributed by atoms with E-state index in [0.717, 1.165) is 11.1 Å². The van der Waals surface area contributed by atoms with E-state index in [2.05, 4.69) is 11.4 Å². The van der Waals surface area contributed by atoms with Crippen molar-refractivity contribution in [1.29, 1.82) is 5.26 Å². The monoisotopic (exact) mass is 464 g/mol. The highest BCUT2D eigenvalue weighted by Gasteiger charge is 2.55. The summed E-state index contributed by atoms with van der Waals surface area (Å²) in [6, 6.07) is 2.28. The Bertz CT molecular complexity index is 1230. The lowest BCUT2D eigenvalue weighted by atomic mass is 9.70. The number of nitriles is 1. The molecule has 9 heteroatoms. The maximum absolute atomic E-state index is 13.4. The molecular weight excluding hydrogens is 436 g/mol. The van der Waals surface area contributed by atoms with E-state index in [0.29, 0.717) is 28.9 Å². The number of carbonyl (C=O) groups excluding carboxylic acids is 2. The van der Waals surface area contributed by atoms with Crippen LogP contribution in [-0.4, -0.2) is 66.5 Å². The maximum atomic E-state index is 13.4. The molecule has 34 heavy (non-hydrogen) atoms. The second kappa shape index (κ2) is 7.94. The number of Topliss-reactive ketones (excluding diaryl/α,β-unsaturated/α-hetero) is 2. The van der Waals surface area contributed by atoms with Gasteiger partial charge in [-0.25, -0.2) is 0 Å². The first kappa shape index (κ1) is 22.6. The van der Waals surface area contributed by atoms with E-state index in [1.54, 1.807) is 6.92 Å². The molecule has 3 heterocycles. The first-order valence-corrected chi connectivity index (χ1v) is 11.4. The average molecular weight is 465 g/mol. The van der Waals surface area contributed by atoms with Gasteiger partial charge >= 0.3 is 0 Å². The molecule has 5 rings (SSSR count). The van der Waals surface area contributed by atoms with Gasteiger partial charge in [-0.2, -0.15) is 5.26 Å². The molecule has 0 amide bonds. The number of hydrogen-bond donors (Lipinski definition) is 3. The zero-order valence-corrected chi connectivity index (χ0v) is 19.6. The van der Waals surface area contributed by atoms with Crippen molar-refractivity contribution in [3.63, 3.8) is 0 Å². The first-order valence-electron chi connectivity index (χ1n) is 11.4. The number of nitrogens with two attached hydrogens (primary N) is 1. The van der Waals surface area contributed by atoms with Gasteiger partial charge in [-0.3, -0.25) is 14.5 Å². The Kier molecular flexibility index (Phi) is 5.28. The summed E-state index contributed by atoms with van der Waals surface area (Å²) < 4.78 is 10.7. The number of phenols is 1. The van der Waals surface area contributed by atoms with Gasteiger partial charge < -0.3 is 25.6 Å². The number of methoxy groups -OCH3 is 2. The van der Waals surface area contributed by atoms with Crippen LogP contribution in [0.4, 0.5) is 0 Å². The summed E-state index contributed by atoms with van der Waals surface area (Å²) in [7, 11) is 2.89. The summed E-state index contributed by atoms with van der Waals surface area (Å²) in [5.74, 6) is -0.0674. The van der Waals surface area contributed by atoms with Gasteiger partial charge in [-0.15, -0.1) is 0 Å². The summed E-state index contributed by atoms with van der Waals surface area (Å²) in [6.45, 7) is 3.54. The number of ketones is 2. The number of carbonyl (C=O) groups is 2. The molecule has 9 nitrogen and oxygen atoms in total. The third kappa shape index (κ3) is 2.83. The van der Waals surface area contributed by atoms with Crippen molar-refractivity contribution in [2.24, 2.45) is 5.73 Å². The summed E-state index contributed by atoms with van der Waals surface area (Å²) in [5.41, 5.74) is 9.72. The SMILES string of the molecule is COC1=C(C)C(=O)C2=C(C1=O)[C@H](CN)N1C(C2)C2N[C@H](Cc3cc(C)c(OC)c(O)c32)[C@@H]1C#N. The molecule has 1 saturated heterocycles. The number of aromatic hydroxyl groups is 1. The Morgan fingerprint density at radius 1 is 1.24 bits per heavy atom.